The molecule has 2 N–H and O–H groups in total. The van der Waals surface area contributed by atoms with Crippen LogP contribution in [-0.4, -0.2) is 19.9 Å². The minimum absolute atomic E-state index is 0.176. The Kier molecular flexibility index (Phi) is 3.32. The highest BCUT2D eigenvalue weighted by atomic mass is 32.1. The zero-order valence-corrected chi connectivity index (χ0v) is 9.74. The summed E-state index contributed by atoms with van der Waals surface area (Å²) in [5.41, 5.74) is 1.54. The molecule has 2 rings (SSSR count). The van der Waals surface area contributed by atoms with E-state index < -0.39 is 0 Å². The molecule has 6 heteroatoms. The summed E-state index contributed by atoms with van der Waals surface area (Å²) in [5, 5.41) is 24.4. The Bertz CT molecular complexity index is 623. The zero-order valence-electron chi connectivity index (χ0n) is 8.92. The Morgan fingerprint density at radius 2 is 2.35 bits per heavy atom. The van der Waals surface area contributed by atoms with Crippen molar-refractivity contribution in [1.82, 2.24) is 14.8 Å². The maximum Gasteiger partial charge on any atom is 0.195 e. The van der Waals surface area contributed by atoms with Crippen molar-refractivity contribution < 1.29 is 5.11 Å². The highest BCUT2D eigenvalue weighted by Gasteiger charge is 2.05. The molecule has 1 heterocycles. The van der Waals surface area contributed by atoms with Crippen LogP contribution in [0, 0.1) is 16.1 Å². The number of benzene rings is 1. The largest absolute Gasteiger partial charge is 0.388 e. The number of aromatic nitrogens is 3. The van der Waals surface area contributed by atoms with Crippen LogP contribution in [-0.2, 0) is 13.2 Å². The van der Waals surface area contributed by atoms with Gasteiger partial charge in [-0.1, -0.05) is 12.1 Å². The summed E-state index contributed by atoms with van der Waals surface area (Å²) in [4.78, 5) is 0. The van der Waals surface area contributed by atoms with Crippen LogP contribution < -0.4 is 0 Å². The lowest BCUT2D eigenvalue weighted by Gasteiger charge is -2.05. The molecule has 0 atom stereocenters. The quantitative estimate of drug-likeness (QED) is 0.801. The lowest BCUT2D eigenvalue weighted by Crippen LogP contribution is -2.05. The fourth-order valence-electron chi connectivity index (χ4n) is 1.56. The van der Waals surface area contributed by atoms with Crippen LogP contribution in [0.2, 0.25) is 0 Å². The van der Waals surface area contributed by atoms with E-state index in [0.717, 1.165) is 5.56 Å². The molecular weight excluding hydrogens is 236 g/mol. The summed E-state index contributed by atoms with van der Waals surface area (Å²) in [7, 11) is 0. The molecule has 5 nitrogen and oxygen atoms in total. The SMILES string of the molecule is N#Cc1cccc(Cn2c(CO)n[nH]c2=S)c1. The molecule has 0 radical (unpaired) electrons. The van der Waals surface area contributed by atoms with E-state index in [1.807, 2.05) is 12.1 Å². The number of rotatable bonds is 3. The van der Waals surface area contributed by atoms with Crippen LogP contribution in [0.1, 0.15) is 17.0 Å². The highest BCUT2D eigenvalue weighted by molar-refractivity contribution is 7.71. The van der Waals surface area contributed by atoms with Crippen molar-refractivity contribution in [3.05, 3.63) is 46.0 Å². The first-order valence-electron chi connectivity index (χ1n) is 4.98. The molecule has 0 unspecified atom stereocenters. The predicted octanol–water partition coefficient (Wildman–Crippen LogP) is 1.35. The van der Waals surface area contributed by atoms with Gasteiger partial charge in [0, 0.05) is 0 Å². The second kappa shape index (κ2) is 4.91. The minimum Gasteiger partial charge on any atom is -0.388 e. The first-order valence-corrected chi connectivity index (χ1v) is 5.39. The van der Waals surface area contributed by atoms with Crippen molar-refractivity contribution in [2.75, 3.05) is 0 Å². The van der Waals surface area contributed by atoms with Crippen molar-refractivity contribution in [2.45, 2.75) is 13.2 Å². The Labute approximate surface area is 103 Å². The normalized spacial score (nSPS) is 10.1. The lowest BCUT2D eigenvalue weighted by atomic mass is 10.1. The maximum atomic E-state index is 9.11. The molecule has 2 aromatic rings. The number of H-pyrrole nitrogens is 1. The van der Waals surface area contributed by atoms with E-state index in [4.69, 9.17) is 22.6 Å². The summed E-state index contributed by atoms with van der Waals surface area (Å²) < 4.78 is 2.16. The van der Waals surface area contributed by atoms with E-state index in [-0.39, 0.29) is 6.61 Å². The van der Waals surface area contributed by atoms with Crippen LogP contribution in [0.3, 0.4) is 0 Å². The summed E-state index contributed by atoms with van der Waals surface area (Å²) >= 11 is 5.07. The second-order valence-electron chi connectivity index (χ2n) is 3.50. The third-order valence-corrected chi connectivity index (χ3v) is 2.69. The fraction of sp³-hybridized carbons (Fsp3) is 0.182. The lowest BCUT2D eigenvalue weighted by molar-refractivity contribution is 0.265. The van der Waals surface area contributed by atoms with Gasteiger partial charge in [-0.25, -0.2) is 0 Å². The van der Waals surface area contributed by atoms with Gasteiger partial charge < -0.3 is 5.11 Å². The van der Waals surface area contributed by atoms with Gasteiger partial charge in [0.25, 0.3) is 0 Å². The fourth-order valence-corrected chi connectivity index (χ4v) is 1.77. The van der Waals surface area contributed by atoms with Crippen molar-refractivity contribution in [3.8, 4) is 6.07 Å². The van der Waals surface area contributed by atoms with Gasteiger partial charge in [0.15, 0.2) is 10.6 Å². The third-order valence-electron chi connectivity index (χ3n) is 2.38. The number of aliphatic hydroxyl groups excluding tert-OH is 1. The van der Waals surface area contributed by atoms with Crippen LogP contribution in [0.15, 0.2) is 24.3 Å². The number of hydrogen-bond donors (Lipinski definition) is 2. The minimum atomic E-state index is -0.176. The summed E-state index contributed by atoms with van der Waals surface area (Å²) in [6.45, 7) is 0.311. The molecule has 0 aliphatic rings. The zero-order chi connectivity index (χ0) is 12.3. The number of nitrogens with one attached hydrogen (secondary N) is 1. The van der Waals surface area contributed by atoms with E-state index in [2.05, 4.69) is 16.3 Å². The number of aliphatic hydroxyl groups is 1. The molecule has 0 bridgehead atoms. The van der Waals surface area contributed by atoms with Gasteiger partial charge in [-0.15, -0.1) is 0 Å². The van der Waals surface area contributed by atoms with Crippen LogP contribution >= 0.6 is 12.2 Å². The molecule has 1 aromatic heterocycles. The predicted molar refractivity (Wildman–Crippen MR) is 63.6 cm³/mol. The summed E-state index contributed by atoms with van der Waals surface area (Å²) in [5.74, 6) is 0.484. The van der Waals surface area contributed by atoms with Gasteiger partial charge >= 0.3 is 0 Å². The van der Waals surface area contributed by atoms with Gasteiger partial charge in [-0.05, 0) is 29.9 Å². The molecule has 0 aliphatic carbocycles. The van der Waals surface area contributed by atoms with Gasteiger partial charge in [-0.3, -0.25) is 9.67 Å². The van der Waals surface area contributed by atoms with E-state index in [9.17, 15) is 0 Å². The molecule has 0 amide bonds. The second-order valence-corrected chi connectivity index (χ2v) is 3.89. The van der Waals surface area contributed by atoms with Gasteiger partial charge in [0.05, 0.1) is 18.2 Å². The standard InChI is InChI=1S/C11H10N4OS/c12-5-8-2-1-3-9(4-8)6-15-10(7-16)13-14-11(15)17/h1-4,16H,6-7H2,(H,14,17). The highest BCUT2D eigenvalue weighted by Crippen LogP contribution is 2.08. The van der Waals surface area contributed by atoms with E-state index in [1.165, 1.54) is 0 Å². The summed E-state index contributed by atoms with van der Waals surface area (Å²) in [6, 6.07) is 9.33. The molecule has 0 fully saturated rings. The summed E-state index contributed by atoms with van der Waals surface area (Å²) in [6.07, 6.45) is 0. The van der Waals surface area contributed by atoms with Crippen LogP contribution in [0.4, 0.5) is 0 Å². The average molecular weight is 246 g/mol. The van der Waals surface area contributed by atoms with Crippen molar-refractivity contribution in [3.63, 3.8) is 0 Å². The van der Waals surface area contributed by atoms with Gasteiger partial charge in [0.1, 0.15) is 6.61 Å². The smallest absolute Gasteiger partial charge is 0.195 e. The molecule has 86 valence electrons. The molecule has 0 saturated heterocycles. The molecule has 0 aliphatic heterocycles. The Morgan fingerprint density at radius 3 is 3.06 bits per heavy atom. The van der Waals surface area contributed by atoms with Crippen molar-refractivity contribution >= 4 is 12.2 Å². The molecule has 1 aromatic carbocycles. The van der Waals surface area contributed by atoms with E-state index in [1.54, 1.807) is 16.7 Å². The monoisotopic (exact) mass is 246 g/mol. The molecular formula is C11H10N4OS. The number of nitrogens with zero attached hydrogens (tertiary/aromatic N) is 3. The Morgan fingerprint density at radius 1 is 1.53 bits per heavy atom. The average Bonchev–Trinajstić information content (AvgIpc) is 2.71. The molecule has 0 spiro atoms. The Hall–Kier alpha value is -1.97. The Balaban J connectivity index is 2.34. The van der Waals surface area contributed by atoms with E-state index in [0.29, 0.717) is 22.7 Å². The van der Waals surface area contributed by atoms with Crippen molar-refractivity contribution in [1.29, 1.82) is 5.26 Å². The number of nitriles is 1. The van der Waals surface area contributed by atoms with Crippen LogP contribution in [0.5, 0.6) is 0 Å². The third kappa shape index (κ3) is 2.41. The first-order chi connectivity index (χ1) is 8.24. The molecule has 0 saturated carbocycles. The van der Waals surface area contributed by atoms with Crippen molar-refractivity contribution in [2.24, 2.45) is 0 Å². The van der Waals surface area contributed by atoms with Gasteiger partial charge in [0.2, 0.25) is 0 Å². The molecule has 17 heavy (non-hydrogen) atoms. The number of aromatic amines is 1. The first kappa shape index (κ1) is 11.5. The number of hydrogen-bond acceptors (Lipinski definition) is 4. The van der Waals surface area contributed by atoms with Crippen LogP contribution in [0.25, 0.3) is 0 Å². The maximum absolute atomic E-state index is 9.11. The van der Waals surface area contributed by atoms with E-state index >= 15 is 0 Å². The van der Waals surface area contributed by atoms with Gasteiger partial charge in [-0.2, -0.15) is 10.4 Å². The topological polar surface area (TPSA) is 77.6 Å².